The molecular weight excluding hydrogens is 230 g/mol. The van der Waals surface area contributed by atoms with Crippen LogP contribution in [0.25, 0.3) is 0 Å². The second kappa shape index (κ2) is 6.38. The number of hydrogen-bond acceptors (Lipinski definition) is 4. The molecule has 2 fully saturated rings. The first kappa shape index (κ1) is 13.6. The number of rotatable bonds is 4. The maximum Gasteiger partial charge on any atom is 0.140 e. The van der Waals surface area contributed by atoms with Gasteiger partial charge in [0.05, 0.1) is 12.7 Å². The Morgan fingerprint density at radius 3 is 3.00 bits per heavy atom. The minimum atomic E-state index is 0.334. The van der Waals surface area contributed by atoms with E-state index in [1.807, 2.05) is 0 Å². The number of morpholine rings is 1. The van der Waals surface area contributed by atoms with Crippen LogP contribution >= 0.6 is 0 Å². The normalized spacial score (nSPS) is 31.9. The van der Waals surface area contributed by atoms with Crippen LogP contribution in [0.4, 0.5) is 0 Å². The zero-order valence-electron chi connectivity index (χ0n) is 11.2. The van der Waals surface area contributed by atoms with E-state index in [1.54, 1.807) is 0 Å². The quantitative estimate of drug-likeness (QED) is 0.346. The summed E-state index contributed by atoms with van der Waals surface area (Å²) in [5, 5.41) is 11.8. The number of fused-ring (bicyclic) bond motifs is 1. The predicted octanol–water partition coefficient (Wildman–Crippen LogP) is 1.54. The summed E-state index contributed by atoms with van der Waals surface area (Å²) in [6.45, 7) is 3.95. The van der Waals surface area contributed by atoms with Gasteiger partial charge in [-0.2, -0.15) is 0 Å². The maximum atomic E-state index is 8.73. The maximum absolute atomic E-state index is 8.73. The predicted molar refractivity (Wildman–Crippen MR) is 70.8 cm³/mol. The third-order valence-corrected chi connectivity index (χ3v) is 4.29. The van der Waals surface area contributed by atoms with Gasteiger partial charge in [0.1, 0.15) is 5.84 Å². The van der Waals surface area contributed by atoms with Crippen molar-refractivity contribution < 1.29 is 9.94 Å². The molecule has 1 aliphatic heterocycles. The molecule has 104 valence electrons. The minimum Gasteiger partial charge on any atom is -0.409 e. The van der Waals surface area contributed by atoms with Crippen molar-refractivity contribution in [3.05, 3.63) is 0 Å². The van der Waals surface area contributed by atoms with Crippen LogP contribution in [0.15, 0.2) is 5.16 Å². The number of ether oxygens (including phenoxy) is 1. The SMILES string of the molecule is CCC(CC(N)=NO)N1CCOC2CCCCC21. The lowest BCUT2D eigenvalue weighted by molar-refractivity contribution is -0.102. The van der Waals surface area contributed by atoms with Crippen molar-refractivity contribution in [3.63, 3.8) is 0 Å². The molecule has 0 amide bonds. The fourth-order valence-electron chi connectivity index (χ4n) is 3.36. The number of hydrogen-bond donors (Lipinski definition) is 2. The van der Waals surface area contributed by atoms with Crippen molar-refractivity contribution in [1.29, 1.82) is 0 Å². The highest BCUT2D eigenvalue weighted by atomic mass is 16.5. The molecule has 3 N–H and O–H groups in total. The molecule has 5 heteroatoms. The summed E-state index contributed by atoms with van der Waals surface area (Å²) in [5.74, 6) is 0.334. The lowest BCUT2D eigenvalue weighted by Crippen LogP contribution is -2.56. The Kier molecular flexibility index (Phi) is 4.83. The molecule has 1 aliphatic carbocycles. The summed E-state index contributed by atoms with van der Waals surface area (Å²) in [7, 11) is 0. The van der Waals surface area contributed by atoms with Gasteiger partial charge in [-0.15, -0.1) is 0 Å². The van der Waals surface area contributed by atoms with Gasteiger partial charge in [0, 0.05) is 25.0 Å². The fraction of sp³-hybridized carbons (Fsp3) is 0.923. The van der Waals surface area contributed by atoms with Crippen LogP contribution in [0, 0.1) is 0 Å². The summed E-state index contributed by atoms with van der Waals surface area (Å²) < 4.78 is 5.89. The van der Waals surface area contributed by atoms with E-state index in [0.29, 0.717) is 30.4 Å². The minimum absolute atomic E-state index is 0.334. The molecule has 3 unspecified atom stereocenters. The Morgan fingerprint density at radius 2 is 2.28 bits per heavy atom. The third-order valence-electron chi connectivity index (χ3n) is 4.29. The van der Waals surface area contributed by atoms with E-state index in [2.05, 4.69) is 17.0 Å². The van der Waals surface area contributed by atoms with Gasteiger partial charge in [0.15, 0.2) is 0 Å². The molecule has 3 atom stereocenters. The van der Waals surface area contributed by atoms with Gasteiger partial charge in [-0.05, 0) is 19.3 Å². The van der Waals surface area contributed by atoms with Crippen LogP contribution in [0.2, 0.25) is 0 Å². The Bertz CT molecular complexity index is 294. The van der Waals surface area contributed by atoms with Crippen LogP contribution in [-0.4, -0.2) is 47.3 Å². The van der Waals surface area contributed by atoms with Gasteiger partial charge in [0.25, 0.3) is 0 Å². The van der Waals surface area contributed by atoms with Crippen LogP contribution in [0.5, 0.6) is 0 Å². The molecule has 1 heterocycles. The number of nitrogens with two attached hydrogens (primary N) is 1. The Morgan fingerprint density at radius 1 is 1.50 bits per heavy atom. The van der Waals surface area contributed by atoms with Crippen LogP contribution in [0.3, 0.4) is 0 Å². The number of oxime groups is 1. The first-order valence-electron chi connectivity index (χ1n) is 7.10. The summed E-state index contributed by atoms with van der Waals surface area (Å²) >= 11 is 0. The Labute approximate surface area is 109 Å². The molecular formula is C13H25N3O2. The van der Waals surface area contributed by atoms with Crippen molar-refractivity contribution in [2.45, 2.75) is 63.6 Å². The molecule has 2 rings (SSSR count). The smallest absolute Gasteiger partial charge is 0.140 e. The first-order valence-corrected chi connectivity index (χ1v) is 7.10. The van der Waals surface area contributed by atoms with Gasteiger partial charge in [-0.25, -0.2) is 0 Å². The van der Waals surface area contributed by atoms with E-state index in [4.69, 9.17) is 15.7 Å². The average molecular weight is 255 g/mol. The van der Waals surface area contributed by atoms with E-state index >= 15 is 0 Å². The van der Waals surface area contributed by atoms with Gasteiger partial charge < -0.3 is 15.7 Å². The van der Waals surface area contributed by atoms with Gasteiger partial charge in [-0.1, -0.05) is 24.9 Å². The van der Waals surface area contributed by atoms with Crippen molar-refractivity contribution in [1.82, 2.24) is 4.90 Å². The molecule has 18 heavy (non-hydrogen) atoms. The number of nitrogens with zero attached hydrogens (tertiary/aromatic N) is 2. The number of amidine groups is 1. The molecule has 5 nitrogen and oxygen atoms in total. The largest absolute Gasteiger partial charge is 0.409 e. The topological polar surface area (TPSA) is 71.1 Å². The molecule has 0 radical (unpaired) electrons. The van der Waals surface area contributed by atoms with Crippen LogP contribution in [0.1, 0.15) is 45.4 Å². The standard InChI is InChI=1S/C13H25N3O2/c1-2-10(9-13(14)15-17)16-7-8-18-12-6-4-3-5-11(12)16/h10-12,17H,2-9H2,1H3,(H2,14,15). The molecule has 0 aromatic rings. The Hall–Kier alpha value is -0.810. The van der Waals surface area contributed by atoms with E-state index in [0.717, 1.165) is 19.6 Å². The summed E-state index contributed by atoms with van der Waals surface area (Å²) in [6.07, 6.45) is 7.05. The zero-order valence-corrected chi connectivity index (χ0v) is 11.2. The van der Waals surface area contributed by atoms with E-state index in [-0.39, 0.29) is 0 Å². The second-order valence-corrected chi connectivity index (χ2v) is 5.36. The lowest BCUT2D eigenvalue weighted by atomic mass is 9.88. The summed E-state index contributed by atoms with van der Waals surface area (Å²) in [4.78, 5) is 2.53. The van der Waals surface area contributed by atoms with Crippen molar-refractivity contribution >= 4 is 5.84 Å². The highest BCUT2D eigenvalue weighted by Crippen LogP contribution is 2.30. The lowest BCUT2D eigenvalue weighted by Gasteiger charge is -2.47. The zero-order chi connectivity index (χ0) is 13.0. The van der Waals surface area contributed by atoms with Gasteiger partial charge >= 0.3 is 0 Å². The van der Waals surface area contributed by atoms with Crippen molar-refractivity contribution in [2.24, 2.45) is 10.9 Å². The molecule has 1 saturated heterocycles. The summed E-state index contributed by atoms with van der Waals surface area (Å²) in [6, 6.07) is 0.902. The van der Waals surface area contributed by atoms with E-state index in [9.17, 15) is 0 Å². The van der Waals surface area contributed by atoms with Gasteiger partial charge in [0.2, 0.25) is 0 Å². The second-order valence-electron chi connectivity index (χ2n) is 5.36. The van der Waals surface area contributed by atoms with E-state index < -0.39 is 0 Å². The highest BCUT2D eigenvalue weighted by molar-refractivity contribution is 5.80. The fourth-order valence-corrected chi connectivity index (χ4v) is 3.36. The molecule has 0 bridgehead atoms. The Balaban J connectivity index is 2.03. The molecule has 0 aromatic heterocycles. The molecule has 0 aromatic carbocycles. The monoisotopic (exact) mass is 255 g/mol. The van der Waals surface area contributed by atoms with Crippen LogP contribution in [-0.2, 0) is 4.74 Å². The average Bonchev–Trinajstić information content (AvgIpc) is 2.44. The first-order chi connectivity index (χ1) is 8.76. The summed E-state index contributed by atoms with van der Waals surface area (Å²) in [5.41, 5.74) is 5.67. The highest BCUT2D eigenvalue weighted by Gasteiger charge is 2.37. The van der Waals surface area contributed by atoms with Crippen molar-refractivity contribution in [3.8, 4) is 0 Å². The van der Waals surface area contributed by atoms with Gasteiger partial charge in [-0.3, -0.25) is 4.90 Å². The molecule has 1 saturated carbocycles. The molecule has 2 aliphatic rings. The van der Waals surface area contributed by atoms with E-state index in [1.165, 1.54) is 25.7 Å². The van der Waals surface area contributed by atoms with Crippen molar-refractivity contribution in [2.75, 3.05) is 13.2 Å². The van der Waals surface area contributed by atoms with Crippen LogP contribution < -0.4 is 5.73 Å². The third kappa shape index (κ3) is 2.95. The molecule has 0 spiro atoms.